The first-order valence-corrected chi connectivity index (χ1v) is 6.86. The maximum absolute atomic E-state index is 5.69. The van der Waals surface area contributed by atoms with Gasteiger partial charge in [-0.05, 0) is 48.4 Å². The minimum atomic E-state index is 0.0487. The quantitative estimate of drug-likeness (QED) is 0.801. The van der Waals surface area contributed by atoms with Gasteiger partial charge in [0.15, 0.2) is 0 Å². The number of ether oxygens (including phenoxy) is 1. The van der Waals surface area contributed by atoms with Crippen molar-refractivity contribution in [1.82, 2.24) is 5.32 Å². The van der Waals surface area contributed by atoms with E-state index < -0.39 is 0 Å². The topological polar surface area (TPSA) is 21.3 Å². The monoisotopic (exact) mass is 267 g/mol. The van der Waals surface area contributed by atoms with Crippen LogP contribution in [0.4, 0.5) is 0 Å². The first-order valence-electron chi connectivity index (χ1n) is 6.86. The Kier molecular flexibility index (Phi) is 4.83. The second-order valence-corrected chi connectivity index (χ2v) is 4.76. The lowest BCUT2D eigenvalue weighted by molar-refractivity contribution is 0.163. The van der Waals surface area contributed by atoms with E-state index in [1.54, 1.807) is 12.5 Å². The van der Waals surface area contributed by atoms with Crippen molar-refractivity contribution in [1.29, 1.82) is 0 Å². The van der Waals surface area contributed by atoms with Gasteiger partial charge in [0.1, 0.15) is 6.10 Å². The highest BCUT2D eigenvalue weighted by Crippen LogP contribution is 2.27. The summed E-state index contributed by atoms with van der Waals surface area (Å²) in [7, 11) is 0. The van der Waals surface area contributed by atoms with Crippen molar-refractivity contribution in [2.24, 2.45) is 0 Å². The molecule has 104 valence electrons. The van der Waals surface area contributed by atoms with Crippen LogP contribution in [0.5, 0.6) is 0 Å². The van der Waals surface area contributed by atoms with Gasteiger partial charge in [-0.3, -0.25) is 0 Å². The van der Waals surface area contributed by atoms with Gasteiger partial charge in [0.05, 0.1) is 12.3 Å². The highest BCUT2D eigenvalue weighted by Gasteiger charge is 2.13. The van der Waals surface area contributed by atoms with Crippen LogP contribution in [-0.4, -0.2) is 0 Å². The molecule has 1 aromatic carbocycles. The number of allylic oxidation sites excluding steroid dienone is 2. The normalized spacial score (nSPS) is 21.9. The first kappa shape index (κ1) is 14.2. The van der Waals surface area contributed by atoms with Crippen molar-refractivity contribution in [3.8, 4) is 0 Å². The average molecular weight is 267 g/mol. The third-order valence-electron chi connectivity index (χ3n) is 3.39. The van der Waals surface area contributed by atoms with Crippen molar-refractivity contribution in [2.45, 2.75) is 25.5 Å². The highest BCUT2D eigenvalue weighted by molar-refractivity contribution is 5.56. The van der Waals surface area contributed by atoms with E-state index >= 15 is 0 Å². The van der Waals surface area contributed by atoms with Gasteiger partial charge in [-0.2, -0.15) is 0 Å². The van der Waals surface area contributed by atoms with Gasteiger partial charge in [0, 0.05) is 0 Å². The third-order valence-corrected chi connectivity index (χ3v) is 3.39. The molecule has 0 aliphatic carbocycles. The Morgan fingerprint density at radius 3 is 2.95 bits per heavy atom. The molecule has 1 aromatic rings. The molecule has 0 amide bonds. The average Bonchev–Trinajstić information content (AvgIpc) is 2.55. The van der Waals surface area contributed by atoms with E-state index in [9.17, 15) is 0 Å². The van der Waals surface area contributed by atoms with Crippen molar-refractivity contribution in [2.75, 3.05) is 0 Å². The number of fused-ring (bicyclic) bond motifs is 1. The molecule has 1 heterocycles. The molecule has 0 radical (unpaired) electrons. The zero-order chi connectivity index (χ0) is 14.4. The molecule has 2 rings (SSSR count). The Balaban J connectivity index is 2.40. The molecular formula is C18H21NO. The fourth-order valence-corrected chi connectivity index (χ4v) is 2.30. The van der Waals surface area contributed by atoms with Crippen LogP contribution in [0, 0.1) is 0 Å². The molecule has 0 fully saturated rings. The van der Waals surface area contributed by atoms with Gasteiger partial charge in [-0.15, -0.1) is 6.58 Å². The molecule has 0 aromatic heterocycles. The van der Waals surface area contributed by atoms with Gasteiger partial charge >= 0.3 is 0 Å². The predicted octanol–water partition coefficient (Wildman–Crippen LogP) is 4.66. The molecule has 1 aliphatic rings. The molecule has 1 aliphatic heterocycles. The molecule has 1 N–H and O–H groups in total. The first-order chi connectivity index (χ1) is 9.76. The summed E-state index contributed by atoms with van der Waals surface area (Å²) in [6.07, 6.45) is 12.6. The maximum atomic E-state index is 5.69. The van der Waals surface area contributed by atoms with E-state index in [0.29, 0.717) is 0 Å². The molecule has 2 unspecified atom stereocenters. The standard InChI is InChI=1S/C18H21NO/c1-4-18(19-5-2)16-10-11-17-14(3)20-12-8-6-7-9-15(17)13-16/h4-5,7-14,18-19H,1-2,6H2,3H3/b9-7-,12-8-. The Bertz CT molecular complexity index is 542. The van der Waals surface area contributed by atoms with Crippen LogP contribution in [0.15, 0.2) is 62.0 Å². The third kappa shape index (κ3) is 3.21. The van der Waals surface area contributed by atoms with E-state index in [0.717, 1.165) is 6.42 Å². The maximum Gasteiger partial charge on any atom is 0.121 e. The van der Waals surface area contributed by atoms with Gasteiger partial charge < -0.3 is 10.1 Å². The van der Waals surface area contributed by atoms with E-state index in [1.807, 2.05) is 12.2 Å². The molecule has 0 spiro atoms. The summed E-state index contributed by atoms with van der Waals surface area (Å²) in [6.45, 7) is 9.65. The van der Waals surface area contributed by atoms with Crippen molar-refractivity contribution < 1.29 is 4.74 Å². The van der Waals surface area contributed by atoms with Crippen LogP contribution in [0.3, 0.4) is 0 Å². The molecule has 2 nitrogen and oxygen atoms in total. The fraction of sp³-hybridized carbons (Fsp3) is 0.222. The van der Waals surface area contributed by atoms with Crippen LogP contribution >= 0.6 is 0 Å². The van der Waals surface area contributed by atoms with Gasteiger partial charge in [0.25, 0.3) is 0 Å². The van der Waals surface area contributed by atoms with Gasteiger partial charge in [-0.1, -0.05) is 36.9 Å². The lowest BCUT2D eigenvalue weighted by atomic mass is 9.96. The van der Waals surface area contributed by atoms with Crippen LogP contribution in [0.1, 0.15) is 42.2 Å². The van der Waals surface area contributed by atoms with E-state index in [1.165, 1.54) is 16.7 Å². The van der Waals surface area contributed by atoms with E-state index in [-0.39, 0.29) is 12.1 Å². The predicted molar refractivity (Wildman–Crippen MR) is 85.0 cm³/mol. The molecule has 2 atom stereocenters. The summed E-state index contributed by atoms with van der Waals surface area (Å²) in [4.78, 5) is 0. The summed E-state index contributed by atoms with van der Waals surface area (Å²) < 4.78 is 5.69. The number of rotatable bonds is 4. The second kappa shape index (κ2) is 6.80. The number of benzene rings is 1. The number of hydrogen-bond donors (Lipinski definition) is 1. The molecule has 2 heteroatoms. The Labute approximate surface area is 121 Å². The second-order valence-electron chi connectivity index (χ2n) is 4.76. The van der Waals surface area contributed by atoms with Gasteiger partial charge in [0.2, 0.25) is 0 Å². The van der Waals surface area contributed by atoms with E-state index in [4.69, 9.17) is 4.74 Å². The van der Waals surface area contributed by atoms with Crippen LogP contribution in [-0.2, 0) is 4.74 Å². The zero-order valence-electron chi connectivity index (χ0n) is 11.9. The number of hydrogen-bond acceptors (Lipinski definition) is 2. The number of nitrogens with one attached hydrogen (secondary N) is 1. The minimum Gasteiger partial charge on any atom is -0.494 e. The van der Waals surface area contributed by atoms with Crippen molar-refractivity contribution >= 4 is 6.08 Å². The van der Waals surface area contributed by atoms with Gasteiger partial charge in [-0.25, -0.2) is 0 Å². The SMILES string of the molecule is C=CNC(C=C)c1ccc2c(c1)/C=C\C/C=C\OC2C. The summed E-state index contributed by atoms with van der Waals surface area (Å²) in [5.74, 6) is 0. The largest absolute Gasteiger partial charge is 0.494 e. The van der Waals surface area contributed by atoms with Crippen LogP contribution in [0.2, 0.25) is 0 Å². The summed E-state index contributed by atoms with van der Waals surface area (Å²) in [5.41, 5.74) is 3.55. The Hall–Kier alpha value is -2.22. The smallest absolute Gasteiger partial charge is 0.121 e. The van der Waals surface area contributed by atoms with E-state index in [2.05, 4.69) is 55.7 Å². The summed E-state index contributed by atoms with van der Waals surface area (Å²) in [6, 6.07) is 6.49. The van der Waals surface area contributed by atoms with Crippen molar-refractivity contribution in [3.63, 3.8) is 0 Å². The zero-order valence-corrected chi connectivity index (χ0v) is 11.9. The molecule has 20 heavy (non-hydrogen) atoms. The lowest BCUT2D eigenvalue weighted by Gasteiger charge is -2.18. The Morgan fingerprint density at radius 2 is 2.20 bits per heavy atom. The molecule has 0 bridgehead atoms. The molecule has 0 saturated heterocycles. The summed E-state index contributed by atoms with van der Waals surface area (Å²) >= 11 is 0. The fourth-order valence-electron chi connectivity index (χ4n) is 2.30. The van der Waals surface area contributed by atoms with Crippen LogP contribution in [0.25, 0.3) is 6.08 Å². The van der Waals surface area contributed by atoms with Crippen LogP contribution < -0.4 is 5.32 Å². The molecular weight excluding hydrogens is 246 g/mol. The van der Waals surface area contributed by atoms with Crippen molar-refractivity contribution in [3.05, 3.63) is 78.7 Å². The molecule has 0 saturated carbocycles. The highest BCUT2D eigenvalue weighted by atomic mass is 16.5. The Morgan fingerprint density at radius 1 is 1.35 bits per heavy atom. The minimum absolute atomic E-state index is 0.0487. The lowest BCUT2D eigenvalue weighted by Crippen LogP contribution is -2.12. The summed E-state index contributed by atoms with van der Waals surface area (Å²) in [5, 5.41) is 3.19.